The molecule has 0 aliphatic rings. The highest BCUT2D eigenvalue weighted by Crippen LogP contribution is 2.14. The topological polar surface area (TPSA) is 110 Å². The minimum Gasteiger partial charge on any atom is -0.480 e. The molecule has 0 saturated heterocycles. The summed E-state index contributed by atoms with van der Waals surface area (Å²) < 4.78 is 4.84. The Morgan fingerprint density at radius 2 is 0.875 bits per heavy atom. The fourth-order valence-corrected chi connectivity index (χ4v) is 4.90. The van der Waals surface area contributed by atoms with Crippen molar-refractivity contribution in [2.45, 2.75) is 187 Å². The highest BCUT2D eigenvalue weighted by atomic mass is 16.6. The predicted molar refractivity (Wildman–Crippen MR) is 162 cm³/mol. The van der Waals surface area contributed by atoms with Gasteiger partial charge in [-0.2, -0.15) is 0 Å². The maximum Gasteiger partial charge on any atom is 0.326 e. The second-order valence-corrected chi connectivity index (χ2v) is 11.4. The van der Waals surface area contributed by atoms with Gasteiger partial charge in [-0.25, -0.2) is 4.79 Å². The largest absolute Gasteiger partial charge is 0.480 e. The molecule has 0 unspecified atom stereocenters. The lowest BCUT2D eigenvalue weighted by Crippen LogP contribution is -2.41. The Hall–Kier alpha value is -1.92. The van der Waals surface area contributed by atoms with E-state index in [9.17, 15) is 24.3 Å². The summed E-state index contributed by atoms with van der Waals surface area (Å²) in [5, 5.41) is 11.9. The monoisotopic (exact) mass is 567 g/mol. The van der Waals surface area contributed by atoms with Crippen LogP contribution in [0.3, 0.4) is 0 Å². The lowest BCUT2D eigenvalue weighted by atomic mass is 10.0. The normalized spacial score (nSPS) is 11.8. The molecule has 0 heterocycles. The summed E-state index contributed by atoms with van der Waals surface area (Å²) in [6, 6.07) is -1.16. The SMILES string of the molecule is CCCCCCCCCCCCCCCC(=O)OC(=O)CC[C@H](NC(=O)CCCCCCCCCCC)C(=O)O. The lowest BCUT2D eigenvalue weighted by molar-refractivity contribution is -0.160. The first-order chi connectivity index (χ1) is 19.4. The van der Waals surface area contributed by atoms with Gasteiger partial charge in [0.1, 0.15) is 6.04 Å². The van der Waals surface area contributed by atoms with E-state index in [2.05, 4.69) is 19.2 Å². The van der Waals surface area contributed by atoms with Gasteiger partial charge < -0.3 is 15.2 Å². The van der Waals surface area contributed by atoms with Crippen LogP contribution in [0.25, 0.3) is 0 Å². The van der Waals surface area contributed by atoms with Crippen LogP contribution < -0.4 is 5.32 Å². The smallest absolute Gasteiger partial charge is 0.326 e. The Kier molecular flexibility index (Phi) is 27.2. The number of carboxylic acids is 1. The van der Waals surface area contributed by atoms with Crippen LogP contribution in [0.15, 0.2) is 0 Å². The molecule has 2 N–H and O–H groups in total. The number of nitrogens with one attached hydrogen (secondary N) is 1. The number of hydrogen-bond donors (Lipinski definition) is 2. The maximum atomic E-state index is 12.1. The summed E-state index contributed by atoms with van der Waals surface area (Å²) >= 11 is 0. The zero-order valence-electron chi connectivity index (χ0n) is 26.0. The van der Waals surface area contributed by atoms with Crippen LogP contribution in [0, 0.1) is 0 Å². The fraction of sp³-hybridized carbons (Fsp3) is 0.879. The minimum atomic E-state index is -1.19. The van der Waals surface area contributed by atoms with Crippen molar-refractivity contribution in [2.24, 2.45) is 0 Å². The van der Waals surface area contributed by atoms with Gasteiger partial charge in [0.15, 0.2) is 0 Å². The van der Waals surface area contributed by atoms with Crippen molar-refractivity contribution in [3.8, 4) is 0 Å². The van der Waals surface area contributed by atoms with E-state index in [4.69, 9.17) is 4.74 Å². The number of amides is 1. The van der Waals surface area contributed by atoms with Crippen LogP contribution in [0.1, 0.15) is 181 Å². The van der Waals surface area contributed by atoms with Crippen LogP contribution in [-0.2, 0) is 23.9 Å². The van der Waals surface area contributed by atoms with Gasteiger partial charge in [0, 0.05) is 19.3 Å². The van der Waals surface area contributed by atoms with E-state index in [1.165, 1.54) is 103 Å². The molecule has 0 spiro atoms. The van der Waals surface area contributed by atoms with Gasteiger partial charge in [-0.1, -0.05) is 142 Å². The highest BCUT2D eigenvalue weighted by Gasteiger charge is 2.22. The van der Waals surface area contributed by atoms with Crippen molar-refractivity contribution in [3.63, 3.8) is 0 Å². The van der Waals surface area contributed by atoms with Gasteiger partial charge in [0.2, 0.25) is 5.91 Å². The first-order valence-corrected chi connectivity index (χ1v) is 16.7. The first kappa shape index (κ1) is 38.1. The average Bonchev–Trinajstić information content (AvgIpc) is 2.92. The van der Waals surface area contributed by atoms with Gasteiger partial charge in [0.05, 0.1) is 0 Å². The number of hydrogen-bond acceptors (Lipinski definition) is 5. The van der Waals surface area contributed by atoms with Crippen molar-refractivity contribution in [3.05, 3.63) is 0 Å². The van der Waals surface area contributed by atoms with Crippen molar-refractivity contribution in [1.82, 2.24) is 5.32 Å². The van der Waals surface area contributed by atoms with E-state index in [0.717, 1.165) is 32.1 Å². The number of rotatable bonds is 29. The molecule has 0 rings (SSSR count). The fourth-order valence-electron chi connectivity index (χ4n) is 4.90. The zero-order valence-corrected chi connectivity index (χ0v) is 26.0. The van der Waals surface area contributed by atoms with Gasteiger partial charge >= 0.3 is 17.9 Å². The summed E-state index contributed by atoms with van der Waals surface area (Å²) in [7, 11) is 0. The van der Waals surface area contributed by atoms with Gasteiger partial charge in [-0.3, -0.25) is 14.4 Å². The summed E-state index contributed by atoms with van der Waals surface area (Å²) in [4.78, 5) is 47.6. The van der Waals surface area contributed by atoms with E-state index in [1.807, 2.05) is 0 Å². The van der Waals surface area contributed by atoms with Crippen molar-refractivity contribution in [1.29, 1.82) is 0 Å². The molecule has 0 aliphatic carbocycles. The number of ether oxygens (including phenoxy) is 1. The standard InChI is InChI=1S/C33H61NO6/c1-3-5-7-9-11-13-14-15-16-18-20-22-24-26-31(36)40-32(37)28-27-29(33(38)39)34-30(35)25-23-21-19-17-12-10-8-6-4-2/h29H,3-28H2,1-2H3,(H,34,35)(H,38,39)/t29-/m0/s1. The Morgan fingerprint density at radius 3 is 1.27 bits per heavy atom. The third-order valence-corrected chi connectivity index (χ3v) is 7.49. The molecular weight excluding hydrogens is 506 g/mol. The molecule has 7 heteroatoms. The number of esters is 2. The summed E-state index contributed by atoms with van der Waals surface area (Å²) in [6.45, 7) is 4.44. The molecule has 0 aromatic heterocycles. The van der Waals surface area contributed by atoms with Crippen molar-refractivity contribution in [2.75, 3.05) is 0 Å². The number of carboxylic acid groups (broad SMARTS) is 1. The van der Waals surface area contributed by atoms with E-state index < -0.39 is 23.9 Å². The van der Waals surface area contributed by atoms with Crippen molar-refractivity contribution < 1.29 is 29.0 Å². The number of unbranched alkanes of at least 4 members (excludes halogenated alkanes) is 20. The minimum absolute atomic E-state index is 0.0936. The summed E-state index contributed by atoms with van der Waals surface area (Å²) in [5.41, 5.74) is 0. The first-order valence-electron chi connectivity index (χ1n) is 16.7. The molecule has 0 aliphatic heterocycles. The quantitative estimate of drug-likeness (QED) is 0.0531. The second kappa shape index (κ2) is 28.6. The van der Waals surface area contributed by atoms with E-state index >= 15 is 0 Å². The highest BCUT2D eigenvalue weighted by molar-refractivity contribution is 5.86. The van der Waals surface area contributed by atoms with Crippen LogP contribution in [0.4, 0.5) is 0 Å². The maximum absolute atomic E-state index is 12.1. The van der Waals surface area contributed by atoms with Crippen LogP contribution in [0.2, 0.25) is 0 Å². The number of carbonyl (C=O) groups excluding carboxylic acids is 3. The average molecular weight is 568 g/mol. The van der Waals surface area contributed by atoms with Crippen LogP contribution >= 0.6 is 0 Å². The molecule has 7 nitrogen and oxygen atoms in total. The molecular formula is C33H61NO6. The Balaban J connectivity index is 3.80. The van der Waals surface area contributed by atoms with Crippen LogP contribution in [0.5, 0.6) is 0 Å². The molecule has 0 aromatic rings. The Bertz CT molecular complexity index is 651. The molecule has 0 radical (unpaired) electrons. The molecule has 234 valence electrons. The van der Waals surface area contributed by atoms with E-state index in [-0.39, 0.29) is 31.6 Å². The summed E-state index contributed by atoms with van der Waals surface area (Å²) in [6.07, 6.45) is 26.2. The summed E-state index contributed by atoms with van der Waals surface area (Å²) in [5.74, 6) is -2.80. The van der Waals surface area contributed by atoms with Gasteiger partial charge in [0.25, 0.3) is 0 Å². The molecule has 1 atom stereocenters. The molecule has 0 fully saturated rings. The second-order valence-electron chi connectivity index (χ2n) is 11.4. The molecule has 0 bridgehead atoms. The molecule has 0 aromatic carbocycles. The van der Waals surface area contributed by atoms with Gasteiger partial charge in [-0.05, 0) is 19.3 Å². The van der Waals surface area contributed by atoms with E-state index in [0.29, 0.717) is 6.42 Å². The number of carbonyl (C=O) groups is 4. The Labute approximate surface area is 245 Å². The van der Waals surface area contributed by atoms with Crippen LogP contribution in [-0.4, -0.2) is 35.0 Å². The Morgan fingerprint density at radius 1 is 0.525 bits per heavy atom. The zero-order chi connectivity index (χ0) is 29.7. The molecule has 1 amide bonds. The third-order valence-electron chi connectivity index (χ3n) is 7.49. The number of aliphatic carboxylic acids is 1. The predicted octanol–water partition coefficient (Wildman–Crippen LogP) is 8.81. The molecule has 40 heavy (non-hydrogen) atoms. The van der Waals surface area contributed by atoms with Crippen molar-refractivity contribution >= 4 is 23.8 Å². The van der Waals surface area contributed by atoms with Gasteiger partial charge in [-0.15, -0.1) is 0 Å². The third kappa shape index (κ3) is 26.3. The molecule has 0 saturated carbocycles. The van der Waals surface area contributed by atoms with E-state index in [1.54, 1.807) is 0 Å². The lowest BCUT2D eigenvalue weighted by Gasteiger charge is -2.14.